The first-order chi connectivity index (χ1) is 7.31. The summed E-state index contributed by atoms with van der Waals surface area (Å²) in [6, 6.07) is 2.67. The number of hydrogen-bond acceptors (Lipinski definition) is 4. The monoisotopic (exact) mass is 226 g/mol. The Hall–Kier alpha value is -0.450. The fourth-order valence-corrected chi connectivity index (χ4v) is 3.01. The Morgan fingerprint density at radius 1 is 1.60 bits per heavy atom. The first kappa shape index (κ1) is 11.0. The van der Waals surface area contributed by atoms with Crippen molar-refractivity contribution in [2.45, 2.75) is 17.8 Å². The van der Waals surface area contributed by atoms with Gasteiger partial charge in [-0.1, -0.05) is 0 Å². The molecule has 84 valence electrons. The minimum atomic E-state index is 0.634. The minimum absolute atomic E-state index is 0.634. The summed E-state index contributed by atoms with van der Waals surface area (Å²) in [7, 11) is 2.19. The van der Waals surface area contributed by atoms with Crippen LogP contribution in [0.1, 0.15) is 5.56 Å². The van der Waals surface area contributed by atoms with Crippen molar-refractivity contribution in [2.75, 3.05) is 26.4 Å². The molecule has 0 bridgehead atoms. The van der Waals surface area contributed by atoms with Crippen LogP contribution in [-0.4, -0.2) is 42.6 Å². The van der Waals surface area contributed by atoms with Gasteiger partial charge in [0, 0.05) is 36.5 Å². The predicted octanol–water partition coefficient (Wildman–Crippen LogP) is 1.41. The molecular weight excluding hydrogens is 208 g/mol. The van der Waals surface area contributed by atoms with E-state index in [2.05, 4.69) is 23.5 Å². The number of rotatable bonds is 4. The molecule has 2 rings (SSSR count). The molecule has 2 atom stereocenters. The third kappa shape index (κ3) is 2.56. The summed E-state index contributed by atoms with van der Waals surface area (Å²) in [4.78, 5) is 2.41. The highest BCUT2D eigenvalue weighted by Crippen LogP contribution is 2.20. The van der Waals surface area contributed by atoms with Gasteiger partial charge >= 0.3 is 0 Å². The van der Waals surface area contributed by atoms with Crippen LogP contribution in [0.4, 0.5) is 0 Å². The van der Waals surface area contributed by atoms with Gasteiger partial charge in [0.15, 0.2) is 0 Å². The summed E-state index contributed by atoms with van der Waals surface area (Å²) >= 11 is 1.95. The van der Waals surface area contributed by atoms with Gasteiger partial charge in [-0.05, 0) is 19.4 Å². The fourth-order valence-electron chi connectivity index (χ4n) is 2.11. The topological polar surface area (TPSA) is 28.4 Å². The highest BCUT2D eigenvalue weighted by atomic mass is 32.2. The van der Waals surface area contributed by atoms with E-state index < -0.39 is 0 Å². The standard InChI is InChI=1S/C11H18N2OS/c1-13(7-9-3-4-14-8-9)10-5-12-6-11(10)15-2/h3-4,8,10-12H,5-7H2,1-2H3. The maximum Gasteiger partial charge on any atom is 0.0947 e. The van der Waals surface area contributed by atoms with Crippen molar-refractivity contribution in [3.8, 4) is 0 Å². The third-order valence-electron chi connectivity index (χ3n) is 3.01. The van der Waals surface area contributed by atoms with Crippen LogP contribution >= 0.6 is 11.8 Å². The molecule has 3 nitrogen and oxygen atoms in total. The lowest BCUT2D eigenvalue weighted by molar-refractivity contribution is 0.252. The SMILES string of the molecule is CSC1CNCC1N(C)Cc1ccoc1. The van der Waals surface area contributed by atoms with Gasteiger partial charge in [0.2, 0.25) is 0 Å². The molecule has 0 aliphatic carbocycles. The van der Waals surface area contributed by atoms with E-state index in [1.807, 2.05) is 24.1 Å². The number of furan rings is 1. The van der Waals surface area contributed by atoms with E-state index in [-0.39, 0.29) is 0 Å². The summed E-state index contributed by atoms with van der Waals surface area (Å²) in [5, 5.41) is 4.16. The van der Waals surface area contributed by atoms with Gasteiger partial charge in [0.25, 0.3) is 0 Å². The number of thioether (sulfide) groups is 1. The maximum absolute atomic E-state index is 5.08. The van der Waals surface area contributed by atoms with E-state index in [0.717, 1.165) is 19.6 Å². The van der Waals surface area contributed by atoms with Crippen molar-refractivity contribution in [3.63, 3.8) is 0 Å². The van der Waals surface area contributed by atoms with E-state index in [4.69, 9.17) is 4.42 Å². The lowest BCUT2D eigenvalue weighted by Gasteiger charge is -2.27. The Balaban J connectivity index is 1.92. The Bertz CT molecular complexity index is 289. The van der Waals surface area contributed by atoms with Gasteiger partial charge in [-0.15, -0.1) is 0 Å². The zero-order chi connectivity index (χ0) is 10.7. The van der Waals surface area contributed by atoms with Crippen molar-refractivity contribution in [3.05, 3.63) is 24.2 Å². The van der Waals surface area contributed by atoms with Crippen molar-refractivity contribution in [1.82, 2.24) is 10.2 Å². The molecule has 1 aromatic rings. The van der Waals surface area contributed by atoms with E-state index in [9.17, 15) is 0 Å². The predicted molar refractivity (Wildman–Crippen MR) is 64.1 cm³/mol. The molecule has 0 spiro atoms. The van der Waals surface area contributed by atoms with Crippen molar-refractivity contribution in [1.29, 1.82) is 0 Å². The molecule has 0 aromatic carbocycles. The van der Waals surface area contributed by atoms with Crippen LogP contribution in [0.3, 0.4) is 0 Å². The third-order valence-corrected chi connectivity index (χ3v) is 4.10. The zero-order valence-electron chi connectivity index (χ0n) is 9.27. The molecule has 1 saturated heterocycles. The Kier molecular flexibility index (Phi) is 3.72. The molecule has 1 aliphatic heterocycles. The second-order valence-corrected chi connectivity index (χ2v) is 5.12. The zero-order valence-corrected chi connectivity index (χ0v) is 10.1. The smallest absolute Gasteiger partial charge is 0.0947 e. The van der Waals surface area contributed by atoms with Crippen LogP contribution in [0.15, 0.2) is 23.0 Å². The Morgan fingerprint density at radius 3 is 3.13 bits per heavy atom. The Morgan fingerprint density at radius 2 is 2.47 bits per heavy atom. The van der Waals surface area contributed by atoms with E-state index in [1.54, 1.807) is 6.26 Å². The average Bonchev–Trinajstić information content (AvgIpc) is 2.86. The van der Waals surface area contributed by atoms with Crippen molar-refractivity contribution >= 4 is 11.8 Å². The van der Waals surface area contributed by atoms with Gasteiger partial charge in [-0.2, -0.15) is 11.8 Å². The second-order valence-electron chi connectivity index (χ2n) is 4.05. The van der Waals surface area contributed by atoms with Gasteiger partial charge in [-0.25, -0.2) is 0 Å². The molecule has 2 unspecified atom stereocenters. The first-order valence-electron chi connectivity index (χ1n) is 5.26. The van der Waals surface area contributed by atoms with Gasteiger partial charge in [0.05, 0.1) is 12.5 Å². The van der Waals surface area contributed by atoms with Crippen molar-refractivity contribution < 1.29 is 4.42 Å². The number of nitrogens with zero attached hydrogens (tertiary/aromatic N) is 1. The van der Waals surface area contributed by atoms with E-state index in [0.29, 0.717) is 11.3 Å². The minimum Gasteiger partial charge on any atom is -0.472 e. The molecule has 1 aromatic heterocycles. The van der Waals surface area contributed by atoms with Gasteiger partial charge in [-0.3, -0.25) is 4.90 Å². The molecular formula is C11H18N2OS. The lowest BCUT2D eigenvalue weighted by atomic mass is 10.2. The summed E-state index contributed by atoms with van der Waals surface area (Å²) in [5.74, 6) is 0. The van der Waals surface area contributed by atoms with E-state index >= 15 is 0 Å². The summed E-state index contributed by atoms with van der Waals surface area (Å²) in [6.45, 7) is 3.20. The molecule has 2 heterocycles. The quantitative estimate of drug-likeness (QED) is 0.840. The van der Waals surface area contributed by atoms with Crippen LogP contribution in [0, 0.1) is 0 Å². The average molecular weight is 226 g/mol. The van der Waals surface area contributed by atoms with Crippen LogP contribution in [0.25, 0.3) is 0 Å². The molecule has 0 saturated carbocycles. The molecule has 15 heavy (non-hydrogen) atoms. The fraction of sp³-hybridized carbons (Fsp3) is 0.636. The first-order valence-corrected chi connectivity index (χ1v) is 6.55. The number of likely N-dealkylation sites (N-methyl/N-ethyl adjacent to an activating group) is 1. The summed E-state index contributed by atoms with van der Waals surface area (Å²) in [5.41, 5.74) is 1.25. The number of hydrogen-bond donors (Lipinski definition) is 1. The van der Waals surface area contributed by atoms with Crippen LogP contribution in [0.5, 0.6) is 0 Å². The molecule has 1 N–H and O–H groups in total. The van der Waals surface area contributed by atoms with Crippen LogP contribution < -0.4 is 5.32 Å². The van der Waals surface area contributed by atoms with Crippen molar-refractivity contribution in [2.24, 2.45) is 0 Å². The molecule has 1 aliphatic rings. The van der Waals surface area contributed by atoms with Crippen LogP contribution in [0.2, 0.25) is 0 Å². The summed E-state index contributed by atoms with van der Waals surface area (Å²) in [6.07, 6.45) is 5.76. The second kappa shape index (κ2) is 5.05. The maximum atomic E-state index is 5.08. The van der Waals surface area contributed by atoms with Gasteiger partial charge < -0.3 is 9.73 Å². The highest BCUT2D eigenvalue weighted by Gasteiger charge is 2.29. The summed E-state index contributed by atoms with van der Waals surface area (Å²) < 4.78 is 5.08. The number of nitrogens with one attached hydrogen (secondary N) is 1. The van der Waals surface area contributed by atoms with Gasteiger partial charge in [0.1, 0.15) is 0 Å². The normalized spacial score (nSPS) is 26.3. The molecule has 0 radical (unpaired) electrons. The molecule has 4 heteroatoms. The highest BCUT2D eigenvalue weighted by molar-refractivity contribution is 7.99. The largest absolute Gasteiger partial charge is 0.472 e. The Labute approximate surface area is 95.2 Å². The van der Waals surface area contributed by atoms with Crippen LogP contribution in [-0.2, 0) is 6.54 Å². The molecule has 1 fully saturated rings. The molecule has 0 amide bonds. The lowest BCUT2D eigenvalue weighted by Crippen LogP contribution is -2.38. The van der Waals surface area contributed by atoms with E-state index in [1.165, 1.54) is 5.56 Å².